The van der Waals surface area contributed by atoms with Gasteiger partial charge in [0.2, 0.25) is 0 Å². The van der Waals surface area contributed by atoms with E-state index in [-0.39, 0.29) is 5.91 Å². The maximum atomic E-state index is 12.4. The third-order valence-corrected chi connectivity index (χ3v) is 4.33. The van der Waals surface area contributed by atoms with Crippen LogP contribution in [0.1, 0.15) is 11.7 Å². The molecule has 0 saturated carbocycles. The molecule has 0 fully saturated rings. The summed E-state index contributed by atoms with van der Waals surface area (Å²) in [6, 6.07) is 19.3. The Labute approximate surface area is 138 Å². The molecule has 1 heterocycles. The van der Waals surface area contributed by atoms with E-state index >= 15 is 0 Å². The van der Waals surface area contributed by atoms with Crippen molar-refractivity contribution in [3.8, 4) is 10.4 Å². The second kappa shape index (κ2) is 7.17. The zero-order valence-electron chi connectivity index (χ0n) is 12.6. The van der Waals surface area contributed by atoms with Crippen LogP contribution >= 0.6 is 11.3 Å². The molecule has 3 aromatic rings. The normalized spacial score (nSPS) is 11.9. The molecule has 0 aliphatic rings. The van der Waals surface area contributed by atoms with Crippen molar-refractivity contribution in [3.63, 3.8) is 0 Å². The first-order chi connectivity index (χ1) is 11.3. The Hall–Kier alpha value is -2.50. The molecule has 0 saturated heterocycles. The molecule has 1 atom stereocenters. The Balaban J connectivity index is 1.74. The van der Waals surface area contributed by atoms with Crippen molar-refractivity contribution in [2.24, 2.45) is 0 Å². The average Bonchev–Trinajstić information content (AvgIpc) is 3.06. The maximum Gasteiger partial charge on any atom is 0.259 e. The van der Waals surface area contributed by atoms with E-state index in [2.05, 4.69) is 10.3 Å². The number of nitrogens with one attached hydrogen (secondary N) is 1. The Bertz CT molecular complexity index is 772. The Morgan fingerprint density at radius 2 is 1.74 bits per heavy atom. The quantitative estimate of drug-likeness (QED) is 0.767. The standard InChI is InChI=1S/C18H16N2O2S/c1-22-16(14-10-6-3-7-11-14)17(21)20-18-19-12-15(23-18)13-8-4-2-5-9-13/h2-12,16H,1H3,(H,19,20,21)/t16-/m1/s1. The van der Waals surface area contributed by atoms with Gasteiger partial charge in [0.05, 0.1) is 4.88 Å². The van der Waals surface area contributed by atoms with E-state index in [1.807, 2.05) is 60.7 Å². The lowest BCUT2D eigenvalue weighted by Crippen LogP contribution is -2.22. The lowest BCUT2D eigenvalue weighted by molar-refractivity contribution is -0.126. The van der Waals surface area contributed by atoms with Crippen LogP contribution in [0.5, 0.6) is 0 Å². The highest BCUT2D eigenvalue weighted by atomic mass is 32.1. The molecular formula is C18H16N2O2S. The number of carbonyl (C=O) groups excluding carboxylic acids is 1. The molecule has 1 aromatic heterocycles. The zero-order valence-corrected chi connectivity index (χ0v) is 13.4. The van der Waals surface area contributed by atoms with Gasteiger partial charge < -0.3 is 4.74 Å². The summed E-state index contributed by atoms with van der Waals surface area (Å²) in [6.07, 6.45) is 1.11. The number of anilines is 1. The molecule has 1 N–H and O–H groups in total. The average molecular weight is 324 g/mol. The number of benzene rings is 2. The van der Waals surface area contributed by atoms with E-state index < -0.39 is 6.10 Å². The van der Waals surface area contributed by atoms with E-state index in [0.29, 0.717) is 5.13 Å². The lowest BCUT2D eigenvalue weighted by Gasteiger charge is -2.14. The summed E-state index contributed by atoms with van der Waals surface area (Å²) in [5, 5.41) is 3.39. The number of carbonyl (C=O) groups is 1. The topological polar surface area (TPSA) is 51.2 Å². The van der Waals surface area contributed by atoms with E-state index in [0.717, 1.165) is 16.0 Å². The number of nitrogens with zero attached hydrogens (tertiary/aromatic N) is 1. The largest absolute Gasteiger partial charge is 0.367 e. The molecule has 23 heavy (non-hydrogen) atoms. The summed E-state index contributed by atoms with van der Waals surface area (Å²) in [5.74, 6) is -0.229. The molecule has 0 radical (unpaired) electrons. The highest BCUT2D eigenvalue weighted by Gasteiger charge is 2.21. The van der Waals surface area contributed by atoms with Gasteiger partial charge in [-0.2, -0.15) is 0 Å². The van der Waals surface area contributed by atoms with Gasteiger partial charge in [-0.05, 0) is 11.1 Å². The van der Waals surface area contributed by atoms with Crippen LogP contribution in [0.3, 0.4) is 0 Å². The minimum Gasteiger partial charge on any atom is -0.367 e. The first kappa shape index (κ1) is 15.4. The molecule has 1 amide bonds. The second-order valence-electron chi connectivity index (χ2n) is 4.91. The van der Waals surface area contributed by atoms with Crippen molar-refractivity contribution in [2.45, 2.75) is 6.10 Å². The number of ether oxygens (including phenoxy) is 1. The first-order valence-electron chi connectivity index (χ1n) is 7.18. The molecular weight excluding hydrogens is 308 g/mol. The predicted octanol–water partition coefficient (Wildman–Crippen LogP) is 4.14. The number of thiazole rings is 1. The van der Waals surface area contributed by atoms with Crippen LogP contribution in [0.2, 0.25) is 0 Å². The minimum atomic E-state index is -0.653. The number of methoxy groups -OCH3 is 1. The van der Waals surface area contributed by atoms with Gasteiger partial charge in [0.25, 0.3) is 5.91 Å². The van der Waals surface area contributed by atoms with Crippen molar-refractivity contribution < 1.29 is 9.53 Å². The SMILES string of the molecule is CO[C@@H](C(=O)Nc1ncc(-c2ccccc2)s1)c1ccccc1. The molecule has 0 spiro atoms. The highest BCUT2D eigenvalue weighted by Crippen LogP contribution is 2.29. The van der Waals surface area contributed by atoms with E-state index in [4.69, 9.17) is 4.74 Å². The van der Waals surface area contributed by atoms with Crippen LogP contribution in [0.4, 0.5) is 5.13 Å². The van der Waals surface area contributed by atoms with Crippen LogP contribution in [0.15, 0.2) is 66.9 Å². The maximum absolute atomic E-state index is 12.4. The number of rotatable bonds is 5. The zero-order chi connectivity index (χ0) is 16.1. The van der Waals surface area contributed by atoms with Gasteiger partial charge >= 0.3 is 0 Å². The van der Waals surface area contributed by atoms with Crippen molar-refractivity contribution in [1.29, 1.82) is 0 Å². The Kier molecular flexibility index (Phi) is 4.80. The van der Waals surface area contributed by atoms with Crippen LogP contribution < -0.4 is 5.32 Å². The number of hydrogen-bond donors (Lipinski definition) is 1. The summed E-state index contributed by atoms with van der Waals surface area (Å²) >= 11 is 1.44. The van der Waals surface area contributed by atoms with E-state index in [9.17, 15) is 4.79 Å². The summed E-state index contributed by atoms with van der Waals surface area (Å²) < 4.78 is 5.33. The van der Waals surface area contributed by atoms with Crippen molar-refractivity contribution in [1.82, 2.24) is 4.98 Å². The molecule has 4 nitrogen and oxygen atoms in total. The third kappa shape index (κ3) is 3.64. The molecule has 0 bridgehead atoms. The lowest BCUT2D eigenvalue weighted by atomic mass is 10.1. The molecule has 5 heteroatoms. The van der Waals surface area contributed by atoms with E-state index in [1.165, 1.54) is 18.4 Å². The second-order valence-corrected chi connectivity index (χ2v) is 5.94. The van der Waals surface area contributed by atoms with Crippen LogP contribution in [-0.4, -0.2) is 18.0 Å². The van der Waals surface area contributed by atoms with Crippen molar-refractivity contribution in [3.05, 3.63) is 72.4 Å². The molecule has 116 valence electrons. The van der Waals surface area contributed by atoms with E-state index in [1.54, 1.807) is 6.20 Å². The van der Waals surface area contributed by atoms with Gasteiger partial charge in [0, 0.05) is 13.3 Å². The fraction of sp³-hybridized carbons (Fsp3) is 0.111. The Morgan fingerprint density at radius 3 is 2.39 bits per heavy atom. The van der Waals surface area contributed by atoms with Gasteiger partial charge in [0.15, 0.2) is 11.2 Å². The van der Waals surface area contributed by atoms with Gasteiger partial charge in [-0.15, -0.1) is 0 Å². The van der Waals surface area contributed by atoms with Gasteiger partial charge in [-0.3, -0.25) is 10.1 Å². The van der Waals surface area contributed by atoms with Gasteiger partial charge in [-0.25, -0.2) is 4.98 Å². The first-order valence-corrected chi connectivity index (χ1v) is 7.99. The smallest absolute Gasteiger partial charge is 0.259 e. The molecule has 2 aromatic carbocycles. The Morgan fingerprint density at radius 1 is 1.09 bits per heavy atom. The van der Waals surface area contributed by atoms with Crippen LogP contribution in [0, 0.1) is 0 Å². The predicted molar refractivity (Wildman–Crippen MR) is 92.4 cm³/mol. The minimum absolute atomic E-state index is 0.229. The van der Waals surface area contributed by atoms with Gasteiger partial charge in [0.1, 0.15) is 0 Å². The number of aromatic nitrogens is 1. The number of amides is 1. The molecule has 0 unspecified atom stereocenters. The monoisotopic (exact) mass is 324 g/mol. The molecule has 3 rings (SSSR count). The van der Waals surface area contributed by atoms with Gasteiger partial charge in [-0.1, -0.05) is 72.0 Å². The van der Waals surface area contributed by atoms with Crippen LogP contribution in [-0.2, 0) is 9.53 Å². The third-order valence-electron chi connectivity index (χ3n) is 3.37. The van der Waals surface area contributed by atoms with Crippen molar-refractivity contribution >= 4 is 22.4 Å². The highest BCUT2D eigenvalue weighted by molar-refractivity contribution is 7.19. The van der Waals surface area contributed by atoms with Crippen LogP contribution in [0.25, 0.3) is 10.4 Å². The fourth-order valence-corrected chi connectivity index (χ4v) is 3.09. The number of hydrogen-bond acceptors (Lipinski definition) is 4. The summed E-state index contributed by atoms with van der Waals surface area (Å²) in [4.78, 5) is 17.7. The molecule has 0 aliphatic heterocycles. The fourth-order valence-electron chi connectivity index (χ4n) is 2.26. The summed E-state index contributed by atoms with van der Waals surface area (Å²) in [7, 11) is 1.52. The summed E-state index contributed by atoms with van der Waals surface area (Å²) in [5.41, 5.74) is 1.89. The molecule has 0 aliphatic carbocycles. The summed E-state index contributed by atoms with van der Waals surface area (Å²) in [6.45, 7) is 0. The van der Waals surface area contributed by atoms with Crippen molar-refractivity contribution in [2.75, 3.05) is 12.4 Å².